The molecule has 0 spiro atoms. The third kappa shape index (κ3) is 5.22. The maximum atomic E-state index is 4.55. The molecule has 3 rings (SSSR count). The van der Waals surface area contributed by atoms with Gasteiger partial charge in [-0.05, 0) is 49.4 Å². The predicted octanol–water partition coefficient (Wildman–Crippen LogP) is 3.25. The average molecular weight is 351 g/mol. The van der Waals surface area contributed by atoms with Crippen LogP contribution in [0.1, 0.15) is 36.0 Å². The third-order valence-electron chi connectivity index (χ3n) is 4.75. The van der Waals surface area contributed by atoms with Gasteiger partial charge in [-0.1, -0.05) is 29.8 Å². The Morgan fingerprint density at radius 1 is 1.00 bits per heavy atom. The van der Waals surface area contributed by atoms with E-state index < -0.39 is 0 Å². The largest absolute Gasteiger partial charge is 0.357 e. The van der Waals surface area contributed by atoms with Crippen LogP contribution in [0.15, 0.2) is 47.6 Å². The summed E-state index contributed by atoms with van der Waals surface area (Å²) in [4.78, 5) is 11.2. The Morgan fingerprint density at radius 3 is 2.38 bits per heavy atom. The molecule has 0 saturated carbocycles. The molecule has 138 valence electrons. The number of guanidine groups is 1. The van der Waals surface area contributed by atoms with Gasteiger partial charge in [0.05, 0.1) is 0 Å². The summed E-state index contributed by atoms with van der Waals surface area (Å²) in [6, 6.07) is 12.8. The fourth-order valence-corrected chi connectivity index (χ4v) is 3.16. The molecule has 0 bridgehead atoms. The Bertz CT molecular complexity index is 717. The fraction of sp³-hybridized carbons (Fsp3) is 0.429. The van der Waals surface area contributed by atoms with E-state index in [2.05, 4.69) is 68.8 Å². The molecule has 2 heterocycles. The molecule has 1 aliphatic rings. The van der Waals surface area contributed by atoms with Crippen molar-refractivity contribution in [2.75, 3.05) is 25.0 Å². The number of anilines is 1. The van der Waals surface area contributed by atoms with Gasteiger partial charge >= 0.3 is 0 Å². The Kier molecular flexibility index (Phi) is 6.47. The molecule has 5 heteroatoms. The maximum Gasteiger partial charge on any atom is 0.191 e. The first-order chi connectivity index (χ1) is 12.7. The first kappa shape index (κ1) is 18.2. The molecule has 26 heavy (non-hydrogen) atoms. The Balaban J connectivity index is 1.52. The van der Waals surface area contributed by atoms with E-state index in [1.54, 1.807) is 7.05 Å². The van der Waals surface area contributed by atoms with E-state index in [9.17, 15) is 0 Å². The van der Waals surface area contributed by atoms with Gasteiger partial charge in [0.1, 0.15) is 5.82 Å². The van der Waals surface area contributed by atoms with Gasteiger partial charge in [0.25, 0.3) is 0 Å². The zero-order chi connectivity index (χ0) is 18.2. The predicted molar refractivity (Wildman–Crippen MR) is 109 cm³/mol. The summed E-state index contributed by atoms with van der Waals surface area (Å²) >= 11 is 0. The monoisotopic (exact) mass is 351 g/mol. The lowest BCUT2D eigenvalue weighted by Gasteiger charge is -2.28. The van der Waals surface area contributed by atoms with Crippen LogP contribution in [0, 0.1) is 6.92 Å². The number of pyridine rings is 1. The van der Waals surface area contributed by atoms with E-state index in [1.165, 1.54) is 36.0 Å². The third-order valence-corrected chi connectivity index (χ3v) is 4.75. The summed E-state index contributed by atoms with van der Waals surface area (Å²) < 4.78 is 0. The summed E-state index contributed by atoms with van der Waals surface area (Å²) in [5.41, 5.74) is 3.74. The van der Waals surface area contributed by atoms with Gasteiger partial charge in [-0.15, -0.1) is 0 Å². The lowest BCUT2D eigenvalue weighted by Crippen LogP contribution is -2.36. The number of hydrogen-bond donors (Lipinski definition) is 2. The number of piperidine rings is 1. The van der Waals surface area contributed by atoms with Gasteiger partial charge in [0.2, 0.25) is 0 Å². The highest BCUT2D eigenvalue weighted by Crippen LogP contribution is 2.18. The van der Waals surface area contributed by atoms with Crippen LogP contribution in [-0.4, -0.2) is 31.1 Å². The molecule has 5 nitrogen and oxygen atoms in total. The van der Waals surface area contributed by atoms with Gasteiger partial charge in [0.15, 0.2) is 5.96 Å². The Labute approximate surface area is 156 Å². The number of aryl methyl sites for hydroxylation is 1. The maximum absolute atomic E-state index is 4.55. The van der Waals surface area contributed by atoms with E-state index in [-0.39, 0.29) is 0 Å². The minimum Gasteiger partial charge on any atom is -0.357 e. The van der Waals surface area contributed by atoms with Crippen molar-refractivity contribution in [2.45, 2.75) is 39.3 Å². The molecule has 0 amide bonds. The van der Waals surface area contributed by atoms with Crippen LogP contribution >= 0.6 is 0 Å². The van der Waals surface area contributed by atoms with Crippen LogP contribution in [0.3, 0.4) is 0 Å². The first-order valence-electron chi connectivity index (χ1n) is 9.44. The summed E-state index contributed by atoms with van der Waals surface area (Å²) in [6.07, 6.45) is 5.77. The highest BCUT2D eigenvalue weighted by Gasteiger charge is 2.12. The van der Waals surface area contributed by atoms with Gasteiger partial charge in [0, 0.05) is 39.4 Å². The summed E-state index contributed by atoms with van der Waals surface area (Å²) in [5.74, 6) is 1.90. The highest BCUT2D eigenvalue weighted by atomic mass is 15.2. The quantitative estimate of drug-likeness (QED) is 0.641. The van der Waals surface area contributed by atoms with Crippen LogP contribution in [0.4, 0.5) is 5.82 Å². The molecule has 1 fully saturated rings. The van der Waals surface area contributed by atoms with Crippen molar-refractivity contribution in [3.05, 3.63) is 59.3 Å². The molecule has 2 N–H and O–H groups in total. The standard InChI is InChI=1S/C21H29N5/c1-17-6-8-18(9-7-17)15-24-21(22-2)25-16-19-10-11-23-20(14-19)26-12-4-3-5-13-26/h6-11,14H,3-5,12-13,15-16H2,1-2H3,(H2,22,24,25). The minimum atomic E-state index is 0.733. The highest BCUT2D eigenvalue weighted by molar-refractivity contribution is 5.79. The number of nitrogens with one attached hydrogen (secondary N) is 2. The van der Waals surface area contributed by atoms with E-state index in [1.807, 2.05) is 6.20 Å². The average Bonchev–Trinajstić information content (AvgIpc) is 2.70. The van der Waals surface area contributed by atoms with Gasteiger partial charge < -0.3 is 15.5 Å². The number of aromatic nitrogens is 1. The second kappa shape index (κ2) is 9.22. The van der Waals surface area contributed by atoms with Crippen molar-refractivity contribution in [1.29, 1.82) is 0 Å². The van der Waals surface area contributed by atoms with Crippen molar-refractivity contribution in [3.8, 4) is 0 Å². The number of nitrogens with zero attached hydrogens (tertiary/aromatic N) is 3. The van der Waals surface area contributed by atoms with Gasteiger partial charge in [-0.25, -0.2) is 4.98 Å². The normalized spacial score (nSPS) is 15.0. The molecule has 1 aromatic carbocycles. The van der Waals surface area contributed by atoms with Crippen LogP contribution in [-0.2, 0) is 13.1 Å². The van der Waals surface area contributed by atoms with Crippen LogP contribution in [0.2, 0.25) is 0 Å². The van der Waals surface area contributed by atoms with Crippen molar-refractivity contribution < 1.29 is 0 Å². The lowest BCUT2D eigenvalue weighted by molar-refractivity contribution is 0.573. The van der Waals surface area contributed by atoms with Crippen LogP contribution in [0.5, 0.6) is 0 Å². The molecule has 0 atom stereocenters. The molecule has 1 saturated heterocycles. The van der Waals surface area contributed by atoms with Crippen molar-refractivity contribution in [1.82, 2.24) is 15.6 Å². The van der Waals surface area contributed by atoms with Crippen LogP contribution in [0.25, 0.3) is 0 Å². The molecule has 1 aliphatic heterocycles. The Hall–Kier alpha value is -2.56. The number of hydrogen-bond acceptors (Lipinski definition) is 3. The van der Waals surface area contributed by atoms with E-state index >= 15 is 0 Å². The fourth-order valence-electron chi connectivity index (χ4n) is 3.16. The summed E-state index contributed by atoms with van der Waals surface area (Å²) in [5, 5.41) is 6.76. The SMILES string of the molecule is CN=C(NCc1ccc(C)cc1)NCc1ccnc(N2CCCCC2)c1. The van der Waals surface area contributed by atoms with Gasteiger partial charge in [-0.3, -0.25) is 4.99 Å². The first-order valence-corrected chi connectivity index (χ1v) is 9.44. The van der Waals surface area contributed by atoms with E-state index in [0.29, 0.717) is 0 Å². The molecule has 0 radical (unpaired) electrons. The molecule has 1 aromatic heterocycles. The number of aliphatic imine (C=N–C) groups is 1. The molecule has 0 unspecified atom stereocenters. The topological polar surface area (TPSA) is 52.6 Å². The molecular formula is C21H29N5. The minimum absolute atomic E-state index is 0.733. The second-order valence-corrected chi connectivity index (χ2v) is 6.83. The second-order valence-electron chi connectivity index (χ2n) is 6.83. The zero-order valence-corrected chi connectivity index (χ0v) is 15.8. The zero-order valence-electron chi connectivity index (χ0n) is 15.8. The van der Waals surface area contributed by atoms with Crippen molar-refractivity contribution >= 4 is 11.8 Å². The number of rotatable bonds is 5. The molecule has 2 aromatic rings. The lowest BCUT2D eigenvalue weighted by atomic mass is 10.1. The van der Waals surface area contributed by atoms with Crippen molar-refractivity contribution in [2.24, 2.45) is 4.99 Å². The van der Waals surface area contributed by atoms with Crippen LogP contribution < -0.4 is 15.5 Å². The van der Waals surface area contributed by atoms with E-state index in [0.717, 1.165) is 38.0 Å². The van der Waals surface area contributed by atoms with E-state index in [4.69, 9.17) is 0 Å². The molecule has 0 aliphatic carbocycles. The smallest absolute Gasteiger partial charge is 0.191 e. The summed E-state index contributed by atoms with van der Waals surface area (Å²) in [6.45, 7) is 5.82. The van der Waals surface area contributed by atoms with Gasteiger partial charge in [-0.2, -0.15) is 0 Å². The Morgan fingerprint density at radius 2 is 1.69 bits per heavy atom. The summed E-state index contributed by atoms with van der Waals surface area (Å²) in [7, 11) is 1.80. The van der Waals surface area contributed by atoms with Crippen molar-refractivity contribution in [3.63, 3.8) is 0 Å². The number of benzene rings is 1. The molecular weight excluding hydrogens is 322 g/mol.